The SMILES string of the molecule is O=C(c1nc2c(C(F)(F)F)cc(-c3ccoc3)cn2c1Cl)N1CC[C@@H](N2CCOC2=O)[C@H](O)C1. The summed E-state index contributed by atoms with van der Waals surface area (Å²) in [6, 6.07) is 1.90. The fourth-order valence-corrected chi connectivity index (χ4v) is 4.62. The molecular formula is C21H18ClF3N4O5. The van der Waals surface area contributed by atoms with E-state index in [1.807, 2.05) is 0 Å². The Hall–Kier alpha value is -3.25. The number of β-amino-alcohol motifs (C(OH)–C–C–N with tert-alkyl or cyclic N) is 1. The monoisotopic (exact) mass is 498 g/mol. The van der Waals surface area contributed by atoms with Crippen LogP contribution in [0, 0.1) is 0 Å². The summed E-state index contributed by atoms with van der Waals surface area (Å²) in [4.78, 5) is 31.6. The van der Waals surface area contributed by atoms with Gasteiger partial charge in [0.2, 0.25) is 0 Å². The molecule has 0 aromatic carbocycles. The normalized spacial score (nSPS) is 21.4. The van der Waals surface area contributed by atoms with E-state index in [4.69, 9.17) is 20.8 Å². The van der Waals surface area contributed by atoms with E-state index in [9.17, 15) is 27.9 Å². The molecule has 2 saturated heterocycles. The summed E-state index contributed by atoms with van der Waals surface area (Å²) in [5.74, 6) is -0.715. The number of imidazole rings is 1. The molecule has 34 heavy (non-hydrogen) atoms. The number of ether oxygens (including phenoxy) is 1. The molecule has 0 radical (unpaired) electrons. The largest absolute Gasteiger partial charge is 0.472 e. The number of likely N-dealkylation sites (tertiary alicyclic amines) is 1. The van der Waals surface area contributed by atoms with E-state index in [2.05, 4.69) is 4.98 Å². The Morgan fingerprint density at radius 1 is 1.26 bits per heavy atom. The van der Waals surface area contributed by atoms with E-state index < -0.39 is 41.5 Å². The first-order valence-electron chi connectivity index (χ1n) is 10.4. The van der Waals surface area contributed by atoms with E-state index in [1.54, 1.807) is 0 Å². The molecule has 5 heterocycles. The van der Waals surface area contributed by atoms with E-state index in [-0.39, 0.29) is 42.5 Å². The molecule has 0 aliphatic carbocycles. The topological polar surface area (TPSA) is 101 Å². The number of aliphatic hydroxyl groups is 1. The van der Waals surface area contributed by atoms with Gasteiger partial charge >= 0.3 is 12.3 Å². The quantitative estimate of drug-likeness (QED) is 0.595. The van der Waals surface area contributed by atoms with Crippen molar-refractivity contribution in [3.63, 3.8) is 0 Å². The summed E-state index contributed by atoms with van der Waals surface area (Å²) < 4.78 is 52.3. The van der Waals surface area contributed by atoms with Crippen molar-refractivity contribution < 1.29 is 37.0 Å². The maximum absolute atomic E-state index is 13.8. The van der Waals surface area contributed by atoms with Gasteiger partial charge in [0.1, 0.15) is 11.8 Å². The number of carbonyl (C=O) groups excluding carboxylic acids is 2. The average molecular weight is 499 g/mol. The van der Waals surface area contributed by atoms with Crippen molar-refractivity contribution in [2.45, 2.75) is 24.7 Å². The molecule has 2 aliphatic heterocycles. The number of aliphatic hydroxyl groups excluding tert-OH is 1. The Labute approximate surface area is 195 Å². The van der Waals surface area contributed by atoms with Crippen molar-refractivity contribution in [2.24, 2.45) is 0 Å². The molecule has 1 N–H and O–H groups in total. The van der Waals surface area contributed by atoms with Crippen LogP contribution in [0.2, 0.25) is 5.15 Å². The number of amides is 2. The molecule has 9 nitrogen and oxygen atoms in total. The predicted octanol–water partition coefficient (Wildman–Crippen LogP) is 3.29. The van der Waals surface area contributed by atoms with E-state index in [0.717, 1.165) is 10.5 Å². The lowest BCUT2D eigenvalue weighted by Crippen LogP contribution is -2.55. The second kappa shape index (κ2) is 8.20. The summed E-state index contributed by atoms with van der Waals surface area (Å²) in [7, 11) is 0. The summed E-state index contributed by atoms with van der Waals surface area (Å²) in [5.41, 5.74) is -1.35. The lowest BCUT2D eigenvalue weighted by molar-refractivity contribution is -0.136. The zero-order chi connectivity index (χ0) is 24.2. The van der Waals surface area contributed by atoms with Crippen LogP contribution >= 0.6 is 11.6 Å². The molecule has 2 aliphatic rings. The molecule has 2 fully saturated rings. The number of pyridine rings is 1. The van der Waals surface area contributed by atoms with Gasteiger partial charge < -0.3 is 19.2 Å². The summed E-state index contributed by atoms with van der Waals surface area (Å²) in [6.07, 6.45) is -2.10. The lowest BCUT2D eigenvalue weighted by atomic mass is 10.00. The number of alkyl halides is 3. The maximum Gasteiger partial charge on any atom is 0.420 e. The third kappa shape index (κ3) is 3.76. The molecule has 2 atom stereocenters. The molecule has 3 aromatic rings. The Morgan fingerprint density at radius 3 is 2.68 bits per heavy atom. The number of fused-ring (bicyclic) bond motifs is 1. The third-order valence-electron chi connectivity index (χ3n) is 6.05. The van der Waals surface area contributed by atoms with Crippen molar-refractivity contribution in [1.82, 2.24) is 19.2 Å². The average Bonchev–Trinajstić information content (AvgIpc) is 3.53. The molecule has 0 spiro atoms. The lowest BCUT2D eigenvalue weighted by Gasteiger charge is -2.38. The fraction of sp³-hybridized carbons (Fsp3) is 0.381. The molecule has 180 valence electrons. The van der Waals surface area contributed by atoms with Gasteiger partial charge in [0.25, 0.3) is 5.91 Å². The maximum atomic E-state index is 13.8. The zero-order valence-corrected chi connectivity index (χ0v) is 18.2. The standard InChI is InChI=1S/C21H18ClF3N4O5/c22-17-16(19(31)27-3-1-14(15(30)9-27)28-4-6-34-20(28)32)26-18-13(21(23,24)25)7-12(8-29(17)18)11-2-5-33-10-11/h2,5,7-8,10,14-15,30H,1,3-4,6,9H2/t14-,15-/m1/s1. The van der Waals surface area contributed by atoms with Crippen molar-refractivity contribution in [3.05, 3.63) is 47.3 Å². The number of hydrogen-bond acceptors (Lipinski definition) is 6. The van der Waals surface area contributed by atoms with Gasteiger partial charge in [-0.05, 0) is 18.6 Å². The molecule has 3 aromatic heterocycles. The van der Waals surface area contributed by atoms with Crippen molar-refractivity contribution in [1.29, 1.82) is 0 Å². The Kier molecular flexibility index (Phi) is 5.44. The number of halogens is 4. The molecule has 13 heteroatoms. The minimum Gasteiger partial charge on any atom is -0.472 e. The van der Waals surface area contributed by atoms with Crippen molar-refractivity contribution >= 4 is 29.2 Å². The second-order valence-corrected chi connectivity index (χ2v) is 8.44. The van der Waals surface area contributed by atoms with Crippen LogP contribution in [0.5, 0.6) is 0 Å². The van der Waals surface area contributed by atoms with Gasteiger partial charge in [-0.25, -0.2) is 9.78 Å². The van der Waals surface area contributed by atoms with Crippen LogP contribution in [0.4, 0.5) is 18.0 Å². The van der Waals surface area contributed by atoms with Crippen LogP contribution in [0.1, 0.15) is 22.5 Å². The number of aromatic nitrogens is 2. The van der Waals surface area contributed by atoms with Crippen molar-refractivity contribution in [3.8, 4) is 11.1 Å². The number of rotatable bonds is 3. The zero-order valence-electron chi connectivity index (χ0n) is 17.5. The molecular weight excluding hydrogens is 481 g/mol. The number of carbonyl (C=O) groups is 2. The number of furan rings is 1. The van der Waals surface area contributed by atoms with Gasteiger partial charge in [0.15, 0.2) is 11.3 Å². The van der Waals surface area contributed by atoms with Crippen LogP contribution in [0.3, 0.4) is 0 Å². The van der Waals surface area contributed by atoms with E-state index in [1.165, 1.54) is 34.6 Å². The van der Waals surface area contributed by atoms with Crippen LogP contribution in [-0.4, -0.2) is 74.7 Å². The first-order chi connectivity index (χ1) is 16.1. The molecule has 5 rings (SSSR count). The van der Waals surface area contributed by atoms with E-state index in [0.29, 0.717) is 12.1 Å². The molecule has 0 saturated carbocycles. The van der Waals surface area contributed by atoms with Crippen LogP contribution in [0.15, 0.2) is 35.3 Å². The smallest absolute Gasteiger partial charge is 0.420 e. The highest BCUT2D eigenvalue weighted by Gasteiger charge is 2.40. The fourth-order valence-electron chi connectivity index (χ4n) is 4.37. The van der Waals surface area contributed by atoms with Crippen molar-refractivity contribution in [2.75, 3.05) is 26.2 Å². The highest BCUT2D eigenvalue weighted by Crippen LogP contribution is 2.37. The summed E-state index contributed by atoms with van der Waals surface area (Å²) in [5, 5.41) is 10.3. The van der Waals surface area contributed by atoms with Crippen LogP contribution in [-0.2, 0) is 10.9 Å². The highest BCUT2D eigenvalue weighted by molar-refractivity contribution is 6.33. The van der Waals surface area contributed by atoms with Gasteiger partial charge in [-0.3, -0.25) is 14.1 Å². The molecule has 0 bridgehead atoms. The summed E-state index contributed by atoms with van der Waals surface area (Å²) >= 11 is 6.34. The third-order valence-corrected chi connectivity index (χ3v) is 6.41. The summed E-state index contributed by atoms with van der Waals surface area (Å²) in [6.45, 7) is 0.584. The first-order valence-corrected chi connectivity index (χ1v) is 10.7. The highest BCUT2D eigenvalue weighted by atomic mass is 35.5. The number of cyclic esters (lactones) is 1. The Morgan fingerprint density at radius 2 is 2.06 bits per heavy atom. The number of nitrogens with zero attached hydrogens (tertiary/aromatic N) is 4. The van der Waals surface area contributed by atoms with Gasteiger partial charge in [-0.1, -0.05) is 11.6 Å². The van der Waals surface area contributed by atoms with Gasteiger partial charge in [0.05, 0.1) is 36.8 Å². The minimum atomic E-state index is -4.76. The van der Waals surface area contributed by atoms with E-state index >= 15 is 0 Å². The Bertz CT molecular complexity index is 1260. The van der Waals surface area contributed by atoms with Gasteiger partial charge in [-0.2, -0.15) is 13.2 Å². The minimum absolute atomic E-state index is 0.135. The second-order valence-electron chi connectivity index (χ2n) is 8.08. The van der Waals surface area contributed by atoms with Gasteiger partial charge in [0, 0.05) is 30.4 Å². The Balaban J connectivity index is 1.48. The number of hydrogen-bond donors (Lipinski definition) is 1. The van der Waals surface area contributed by atoms with Gasteiger partial charge in [-0.15, -0.1) is 0 Å². The molecule has 2 amide bonds. The van der Waals surface area contributed by atoms with Crippen LogP contribution < -0.4 is 0 Å². The van der Waals surface area contributed by atoms with Crippen LogP contribution in [0.25, 0.3) is 16.8 Å². The molecule has 0 unspecified atom stereocenters. The predicted molar refractivity (Wildman–Crippen MR) is 111 cm³/mol. The number of piperidine rings is 1. The first kappa shape index (κ1) is 22.5.